The minimum atomic E-state index is -3.86. The van der Waals surface area contributed by atoms with E-state index in [1.807, 2.05) is 24.3 Å². The van der Waals surface area contributed by atoms with Crippen molar-refractivity contribution in [2.24, 2.45) is 0 Å². The van der Waals surface area contributed by atoms with Crippen LogP contribution in [0.2, 0.25) is 0 Å². The molecule has 0 saturated carbocycles. The number of aryl methyl sites for hydroxylation is 1. The van der Waals surface area contributed by atoms with Crippen LogP contribution in [0.25, 0.3) is 0 Å². The van der Waals surface area contributed by atoms with Gasteiger partial charge in [-0.25, -0.2) is 13.1 Å². The summed E-state index contributed by atoms with van der Waals surface area (Å²) in [6, 6.07) is 15.9. The van der Waals surface area contributed by atoms with Crippen LogP contribution in [0.4, 0.5) is 5.13 Å². The van der Waals surface area contributed by atoms with E-state index in [1.165, 1.54) is 5.56 Å². The van der Waals surface area contributed by atoms with Crippen molar-refractivity contribution >= 4 is 32.4 Å². The topological polar surface area (TPSA) is 101 Å². The first-order valence-corrected chi connectivity index (χ1v) is 11.0. The Balaban J connectivity index is 1.69. The lowest BCUT2D eigenvalue weighted by Gasteiger charge is -2.13. The molecule has 0 radical (unpaired) electrons. The minimum absolute atomic E-state index is 0.120. The number of sulfonamides is 1. The molecule has 0 fully saturated rings. The quantitative estimate of drug-likeness (QED) is 0.575. The summed E-state index contributed by atoms with van der Waals surface area (Å²) in [7, 11) is -3.86. The van der Waals surface area contributed by atoms with Gasteiger partial charge in [-0.3, -0.25) is 10.1 Å². The highest BCUT2D eigenvalue weighted by Gasteiger charge is 2.23. The summed E-state index contributed by atoms with van der Waals surface area (Å²) in [4.78, 5) is 12.2. The molecule has 0 bridgehead atoms. The van der Waals surface area contributed by atoms with Gasteiger partial charge in [-0.2, -0.15) is 0 Å². The Hall–Kier alpha value is -2.62. The molecular weight excluding hydrogens is 396 g/mol. The van der Waals surface area contributed by atoms with Gasteiger partial charge in [0, 0.05) is 11.6 Å². The third kappa shape index (κ3) is 4.80. The average Bonchev–Trinajstić information content (AvgIpc) is 3.18. The van der Waals surface area contributed by atoms with E-state index in [1.54, 1.807) is 37.3 Å². The fraction of sp³-hybridized carbons (Fsp3) is 0.211. The van der Waals surface area contributed by atoms with Gasteiger partial charge in [0.05, 0.1) is 0 Å². The van der Waals surface area contributed by atoms with Crippen molar-refractivity contribution in [3.63, 3.8) is 0 Å². The number of nitrogens with zero attached hydrogens (tertiary/aromatic N) is 2. The Morgan fingerprint density at radius 1 is 1.07 bits per heavy atom. The van der Waals surface area contributed by atoms with E-state index in [9.17, 15) is 13.2 Å². The van der Waals surface area contributed by atoms with E-state index < -0.39 is 16.1 Å². The highest BCUT2D eigenvalue weighted by molar-refractivity contribution is 7.91. The molecule has 1 atom stereocenters. The number of carbonyl (C=O) groups is 1. The maximum atomic E-state index is 12.6. The number of hydrogen-bond acceptors (Lipinski definition) is 6. The predicted molar refractivity (Wildman–Crippen MR) is 109 cm³/mol. The molecule has 7 nitrogen and oxygen atoms in total. The van der Waals surface area contributed by atoms with E-state index >= 15 is 0 Å². The molecule has 1 aromatic heterocycles. The van der Waals surface area contributed by atoms with Gasteiger partial charge in [-0.05, 0) is 36.6 Å². The van der Waals surface area contributed by atoms with E-state index in [2.05, 4.69) is 27.2 Å². The van der Waals surface area contributed by atoms with Crippen LogP contribution in [0.15, 0.2) is 58.9 Å². The molecule has 1 amide bonds. The molecule has 9 heteroatoms. The monoisotopic (exact) mass is 416 g/mol. The Morgan fingerprint density at radius 3 is 2.39 bits per heavy atom. The van der Waals surface area contributed by atoms with Crippen LogP contribution in [0.1, 0.15) is 41.4 Å². The van der Waals surface area contributed by atoms with Crippen molar-refractivity contribution in [3.05, 3.63) is 71.3 Å². The molecule has 2 N–H and O–H groups in total. The van der Waals surface area contributed by atoms with E-state index in [-0.39, 0.29) is 15.4 Å². The molecule has 28 heavy (non-hydrogen) atoms. The number of carbonyl (C=O) groups excluding carboxylic acids is 1. The van der Waals surface area contributed by atoms with Crippen molar-refractivity contribution < 1.29 is 13.2 Å². The van der Waals surface area contributed by atoms with Crippen molar-refractivity contribution in [1.82, 2.24) is 14.9 Å². The Labute approximate surface area is 167 Å². The van der Waals surface area contributed by atoms with Crippen LogP contribution in [0, 0.1) is 0 Å². The summed E-state index contributed by atoms with van der Waals surface area (Å²) in [5.41, 5.74) is 2.48. The second-order valence-corrected chi connectivity index (χ2v) is 9.00. The standard InChI is InChI=1S/C19H20N4O3S2/c1-3-14-9-11-15(12-10-14)13(2)23-28(25,26)19-22-21-18(27-19)20-17(24)16-7-5-4-6-8-16/h4-13,23H,3H2,1-2H3,(H,20,21,24). The van der Waals surface area contributed by atoms with Crippen molar-refractivity contribution in [1.29, 1.82) is 0 Å². The number of nitrogens with one attached hydrogen (secondary N) is 2. The highest BCUT2D eigenvalue weighted by atomic mass is 32.2. The van der Waals surface area contributed by atoms with E-state index in [0.29, 0.717) is 5.56 Å². The largest absolute Gasteiger partial charge is 0.296 e. The first-order valence-electron chi connectivity index (χ1n) is 8.70. The second kappa shape index (κ2) is 8.59. The molecule has 1 heterocycles. The molecule has 0 aliphatic rings. The Bertz CT molecular complexity index is 1050. The summed E-state index contributed by atoms with van der Waals surface area (Å²) in [5, 5.41) is 10.2. The van der Waals surface area contributed by atoms with Crippen LogP contribution in [0.5, 0.6) is 0 Å². The molecule has 0 aliphatic heterocycles. The lowest BCUT2D eigenvalue weighted by atomic mass is 10.1. The van der Waals surface area contributed by atoms with Crippen molar-refractivity contribution in [2.45, 2.75) is 30.6 Å². The zero-order valence-electron chi connectivity index (χ0n) is 15.4. The summed E-state index contributed by atoms with van der Waals surface area (Å²) in [6.45, 7) is 3.82. The molecule has 0 saturated heterocycles. The molecule has 1 unspecified atom stereocenters. The minimum Gasteiger partial charge on any atom is -0.296 e. The summed E-state index contributed by atoms with van der Waals surface area (Å²) in [5.74, 6) is -0.377. The lowest BCUT2D eigenvalue weighted by Crippen LogP contribution is -2.26. The fourth-order valence-electron chi connectivity index (χ4n) is 2.52. The average molecular weight is 417 g/mol. The summed E-state index contributed by atoms with van der Waals surface area (Å²) >= 11 is 0.801. The predicted octanol–water partition coefficient (Wildman–Crippen LogP) is 3.39. The van der Waals surface area contributed by atoms with Crippen LogP contribution in [-0.2, 0) is 16.4 Å². The van der Waals surface area contributed by atoms with Gasteiger partial charge in [0.1, 0.15) is 0 Å². The smallest absolute Gasteiger partial charge is 0.270 e. The van der Waals surface area contributed by atoms with Gasteiger partial charge in [0.25, 0.3) is 15.9 Å². The first-order chi connectivity index (χ1) is 13.4. The molecule has 3 rings (SSSR count). The SMILES string of the molecule is CCc1ccc(C(C)NS(=O)(=O)c2nnc(NC(=O)c3ccccc3)s2)cc1. The third-order valence-corrected chi connectivity index (χ3v) is 6.86. The maximum absolute atomic E-state index is 12.6. The Kier molecular flexibility index (Phi) is 6.18. The normalized spacial score (nSPS) is 12.5. The zero-order valence-corrected chi connectivity index (χ0v) is 17.0. The van der Waals surface area contributed by atoms with Gasteiger partial charge in [-0.1, -0.05) is 60.7 Å². The summed E-state index contributed by atoms with van der Waals surface area (Å²) in [6.07, 6.45) is 0.919. The van der Waals surface area contributed by atoms with Gasteiger partial charge < -0.3 is 0 Å². The number of benzene rings is 2. The number of hydrogen-bond donors (Lipinski definition) is 2. The lowest BCUT2D eigenvalue weighted by molar-refractivity contribution is 0.102. The maximum Gasteiger partial charge on any atom is 0.270 e. The fourth-order valence-corrected chi connectivity index (χ4v) is 4.66. The third-order valence-electron chi connectivity index (χ3n) is 4.11. The summed E-state index contributed by atoms with van der Waals surface area (Å²) < 4.78 is 27.6. The zero-order chi connectivity index (χ0) is 20.1. The first kappa shape index (κ1) is 20.1. The highest BCUT2D eigenvalue weighted by Crippen LogP contribution is 2.23. The van der Waals surface area contributed by atoms with Crippen LogP contribution in [-0.4, -0.2) is 24.5 Å². The van der Waals surface area contributed by atoms with Crippen LogP contribution < -0.4 is 10.0 Å². The van der Waals surface area contributed by atoms with Crippen molar-refractivity contribution in [2.75, 3.05) is 5.32 Å². The number of aromatic nitrogens is 2. The van der Waals surface area contributed by atoms with Gasteiger partial charge in [-0.15, -0.1) is 10.2 Å². The molecule has 0 aliphatic carbocycles. The number of amides is 1. The molecule has 146 valence electrons. The van der Waals surface area contributed by atoms with E-state index in [0.717, 1.165) is 23.3 Å². The van der Waals surface area contributed by atoms with E-state index in [4.69, 9.17) is 0 Å². The van der Waals surface area contributed by atoms with Gasteiger partial charge in [0.2, 0.25) is 9.47 Å². The van der Waals surface area contributed by atoms with Gasteiger partial charge in [0.15, 0.2) is 0 Å². The molecule has 3 aromatic rings. The second-order valence-electron chi connectivity index (χ2n) is 6.13. The number of anilines is 1. The van der Waals surface area contributed by atoms with Gasteiger partial charge >= 0.3 is 0 Å². The Morgan fingerprint density at radius 2 is 1.75 bits per heavy atom. The molecule has 2 aromatic carbocycles. The molecular formula is C19H20N4O3S2. The van der Waals surface area contributed by atoms with Crippen LogP contribution >= 0.6 is 11.3 Å². The number of rotatable bonds is 7. The van der Waals surface area contributed by atoms with Crippen LogP contribution in [0.3, 0.4) is 0 Å². The van der Waals surface area contributed by atoms with Crippen molar-refractivity contribution in [3.8, 4) is 0 Å². The molecule has 0 spiro atoms.